The molecule has 0 saturated carbocycles. The normalized spacial score (nSPS) is 18.2. The van der Waals surface area contributed by atoms with Crippen LogP contribution >= 0.6 is 0 Å². The van der Waals surface area contributed by atoms with E-state index < -0.39 is 0 Å². The Labute approximate surface area is 132 Å². The van der Waals surface area contributed by atoms with Gasteiger partial charge in [0.1, 0.15) is 0 Å². The van der Waals surface area contributed by atoms with Crippen molar-refractivity contribution >= 4 is 5.96 Å². The van der Waals surface area contributed by atoms with Crippen molar-refractivity contribution in [3.8, 4) is 0 Å². The van der Waals surface area contributed by atoms with E-state index in [9.17, 15) is 0 Å². The smallest absolute Gasteiger partial charge is 0.191 e. The van der Waals surface area contributed by atoms with Crippen molar-refractivity contribution in [2.24, 2.45) is 12.0 Å². The number of rotatable bonds is 6. The second-order valence-electron chi connectivity index (χ2n) is 5.73. The highest BCUT2D eigenvalue weighted by Gasteiger charge is 2.32. The molecule has 0 amide bonds. The van der Waals surface area contributed by atoms with Gasteiger partial charge in [-0.3, -0.25) is 0 Å². The minimum absolute atomic E-state index is 0.152. The van der Waals surface area contributed by atoms with E-state index in [0.29, 0.717) is 6.54 Å². The summed E-state index contributed by atoms with van der Waals surface area (Å²) in [5.74, 6) is 0.828. The predicted molar refractivity (Wildman–Crippen MR) is 88.0 cm³/mol. The van der Waals surface area contributed by atoms with Crippen molar-refractivity contribution < 1.29 is 9.47 Å². The molecule has 6 nitrogen and oxygen atoms in total. The van der Waals surface area contributed by atoms with Gasteiger partial charge in [-0.05, 0) is 18.6 Å². The van der Waals surface area contributed by atoms with Crippen molar-refractivity contribution in [3.63, 3.8) is 0 Å². The van der Waals surface area contributed by atoms with Crippen LogP contribution in [0.2, 0.25) is 0 Å². The fourth-order valence-corrected chi connectivity index (χ4v) is 2.61. The minimum Gasteiger partial charge on any atom is -0.381 e. The predicted octanol–water partition coefficient (Wildman–Crippen LogP) is 1.28. The van der Waals surface area contributed by atoms with Crippen LogP contribution in [0.4, 0.5) is 0 Å². The van der Waals surface area contributed by atoms with Crippen molar-refractivity contribution in [1.29, 1.82) is 0 Å². The van der Waals surface area contributed by atoms with Crippen LogP contribution in [0.3, 0.4) is 0 Å². The summed E-state index contributed by atoms with van der Waals surface area (Å²) in [5.41, 5.74) is 1.05. The lowest BCUT2D eigenvalue weighted by Crippen LogP contribution is -2.50. The zero-order valence-electron chi connectivity index (χ0n) is 13.9. The summed E-state index contributed by atoms with van der Waals surface area (Å²) >= 11 is 0. The standard InChI is InChI=1S/C16H28N4O2/c1-4-17-15(18-11-14-5-8-20(2)12-14)19-13-16(21-3)6-9-22-10-7-16/h5,8,12H,4,6-7,9-11,13H2,1-3H3,(H2,17,18,19). The Morgan fingerprint density at radius 1 is 1.41 bits per heavy atom. The van der Waals surface area contributed by atoms with Crippen LogP contribution in [0.1, 0.15) is 25.3 Å². The van der Waals surface area contributed by atoms with E-state index in [0.717, 1.165) is 45.1 Å². The van der Waals surface area contributed by atoms with Crippen LogP contribution in [0.5, 0.6) is 0 Å². The molecule has 124 valence electrons. The van der Waals surface area contributed by atoms with Crippen LogP contribution in [0, 0.1) is 0 Å². The molecule has 1 aromatic heterocycles. The number of hydrogen-bond acceptors (Lipinski definition) is 3. The summed E-state index contributed by atoms with van der Waals surface area (Å²) in [7, 11) is 3.80. The van der Waals surface area contributed by atoms with Gasteiger partial charge in [0.15, 0.2) is 5.96 Å². The Hall–Kier alpha value is -1.53. The molecule has 1 aromatic rings. The first-order valence-corrected chi connectivity index (χ1v) is 7.93. The Bertz CT molecular complexity index is 478. The highest BCUT2D eigenvalue weighted by Crippen LogP contribution is 2.23. The van der Waals surface area contributed by atoms with Gasteiger partial charge in [0.05, 0.1) is 12.1 Å². The van der Waals surface area contributed by atoms with Crippen LogP contribution in [-0.4, -0.2) is 49.5 Å². The number of guanidine groups is 1. The van der Waals surface area contributed by atoms with E-state index in [1.54, 1.807) is 7.11 Å². The van der Waals surface area contributed by atoms with Gasteiger partial charge in [-0.25, -0.2) is 4.99 Å². The Balaban J connectivity index is 1.92. The van der Waals surface area contributed by atoms with Crippen LogP contribution in [-0.2, 0) is 23.1 Å². The SMILES string of the molecule is CCNC(=NCc1ccn(C)c1)NCC1(OC)CCOCC1. The van der Waals surface area contributed by atoms with Crippen LogP contribution < -0.4 is 10.6 Å². The maximum absolute atomic E-state index is 5.74. The summed E-state index contributed by atoms with van der Waals surface area (Å²) in [6.07, 6.45) is 5.94. The van der Waals surface area contributed by atoms with E-state index >= 15 is 0 Å². The van der Waals surface area contributed by atoms with Gasteiger partial charge >= 0.3 is 0 Å². The summed E-state index contributed by atoms with van der Waals surface area (Å²) in [6.45, 7) is 5.83. The van der Waals surface area contributed by atoms with Gasteiger partial charge in [-0.2, -0.15) is 0 Å². The number of aromatic nitrogens is 1. The van der Waals surface area contributed by atoms with Gasteiger partial charge in [-0.1, -0.05) is 0 Å². The fourth-order valence-electron chi connectivity index (χ4n) is 2.61. The molecule has 1 aliphatic rings. The molecular formula is C16H28N4O2. The lowest BCUT2D eigenvalue weighted by molar-refractivity contribution is -0.0855. The van der Waals surface area contributed by atoms with Crippen molar-refractivity contribution in [2.75, 3.05) is 33.4 Å². The van der Waals surface area contributed by atoms with Gasteiger partial charge in [0.25, 0.3) is 0 Å². The molecule has 2 heterocycles. The maximum atomic E-state index is 5.74. The van der Waals surface area contributed by atoms with Crippen molar-refractivity contribution in [2.45, 2.75) is 31.9 Å². The first-order valence-electron chi connectivity index (χ1n) is 7.93. The van der Waals surface area contributed by atoms with Crippen LogP contribution in [0.15, 0.2) is 23.5 Å². The summed E-state index contributed by atoms with van der Waals surface area (Å²) in [6, 6.07) is 2.09. The largest absolute Gasteiger partial charge is 0.381 e. The molecule has 1 aliphatic heterocycles. The van der Waals surface area contributed by atoms with E-state index in [1.807, 2.05) is 17.8 Å². The average molecular weight is 308 g/mol. The number of methoxy groups -OCH3 is 1. The van der Waals surface area contributed by atoms with E-state index in [2.05, 4.69) is 34.8 Å². The first-order chi connectivity index (χ1) is 10.7. The van der Waals surface area contributed by atoms with Gasteiger partial charge in [0.2, 0.25) is 0 Å². The second-order valence-corrected chi connectivity index (χ2v) is 5.73. The molecule has 0 spiro atoms. The number of nitrogens with one attached hydrogen (secondary N) is 2. The summed E-state index contributed by atoms with van der Waals surface area (Å²) < 4.78 is 13.2. The molecule has 0 radical (unpaired) electrons. The highest BCUT2D eigenvalue weighted by molar-refractivity contribution is 5.79. The lowest BCUT2D eigenvalue weighted by Gasteiger charge is -2.36. The summed E-state index contributed by atoms with van der Waals surface area (Å²) in [5, 5.41) is 6.70. The molecule has 0 aromatic carbocycles. The van der Waals surface area contributed by atoms with Crippen molar-refractivity contribution in [1.82, 2.24) is 15.2 Å². The average Bonchev–Trinajstić information content (AvgIpc) is 2.96. The number of ether oxygens (including phenoxy) is 2. The topological polar surface area (TPSA) is 59.8 Å². The highest BCUT2D eigenvalue weighted by atomic mass is 16.5. The van der Waals surface area contributed by atoms with Crippen LogP contribution in [0.25, 0.3) is 0 Å². The second kappa shape index (κ2) is 8.19. The number of aliphatic imine (C=N–C) groups is 1. The number of hydrogen-bond donors (Lipinski definition) is 2. The van der Waals surface area contributed by atoms with E-state index in [-0.39, 0.29) is 5.60 Å². The molecule has 2 rings (SSSR count). The van der Waals surface area contributed by atoms with Gasteiger partial charge in [0, 0.05) is 65.7 Å². The molecule has 0 atom stereocenters. The van der Waals surface area contributed by atoms with E-state index in [4.69, 9.17) is 9.47 Å². The lowest BCUT2D eigenvalue weighted by atomic mass is 9.94. The molecule has 0 aliphatic carbocycles. The molecule has 2 N–H and O–H groups in total. The maximum Gasteiger partial charge on any atom is 0.191 e. The third-order valence-corrected chi connectivity index (χ3v) is 4.07. The summed E-state index contributed by atoms with van der Waals surface area (Å²) in [4.78, 5) is 4.64. The van der Waals surface area contributed by atoms with Gasteiger partial charge in [-0.15, -0.1) is 0 Å². The molecule has 1 fully saturated rings. The minimum atomic E-state index is -0.152. The third kappa shape index (κ3) is 4.74. The van der Waals surface area contributed by atoms with E-state index in [1.165, 1.54) is 5.56 Å². The van der Waals surface area contributed by atoms with Crippen molar-refractivity contribution in [3.05, 3.63) is 24.0 Å². The Morgan fingerprint density at radius 2 is 2.18 bits per heavy atom. The third-order valence-electron chi connectivity index (χ3n) is 4.07. The first kappa shape index (κ1) is 16.8. The number of aryl methyl sites for hydroxylation is 1. The molecule has 0 unspecified atom stereocenters. The zero-order chi connectivity index (χ0) is 15.8. The Kier molecular flexibility index (Phi) is 6.27. The zero-order valence-corrected chi connectivity index (χ0v) is 13.9. The molecule has 1 saturated heterocycles. The number of nitrogens with zero attached hydrogens (tertiary/aromatic N) is 2. The molecular weight excluding hydrogens is 280 g/mol. The fraction of sp³-hybridized carbons (Fsp3) is 0.688. The monoisotopic (exact) mass is 308 g/mol. The molecule has 0 bridgehead atoms. The Morgan fingerprint density at radius 3 is 2.77 bits per heavy atom. The quantitative estimate of drug-likeness (QED) is 0.614. The molecule has 6 heteroatoms. The molecule has 22 heavy (non-hydrogen) atoms. The van der Waals surface area contributed by atoms with Gasteiger partial charge < -0.3 is 24.7 Å².